The second-order valence-corrected chi connectivity index (χ2v) is 6.04. The third-order valence-electron chi connectivity index (χ3n) is 4.38. The molecule has 8 nitrogen and oxygen atoms in total. The summed E-state index contributed by atoms with van der Waals surface area (Å²) in [5.74, 6) is -0.384. The third-order valence-corrected chi connectivity index (χ3v) is 4.38. The van der Waals surface area contributed by atoms with Gasteiger partial charge in [-0.3, -0.25) is 20.1 Å². The van der Waals surface area contributed by atoms with Crippen molar-refractivity contribution < 1.29 is 19.4 Å². The maximum Gasteiger partial charge on any atom is 0.277 e. The molecule has 1 aromatic heterocycles. The van der Waals surface area contributed by atoms with Gasteiger partial charge in [0, 0.05) is 17.2 Å². The first kappa shape index (κ1) is 17.4. The van der Waals surface area contributed by atoms with Crippen molar-refractivity contribution in [3.05, 3.63) is 82.4 Å². The number of aromatic nitrogens is 1. The van der Waals surface area contributed by atoms with Crippen molar-refractivity contribution in [1.82, 2.24) is 10.6 Å². The van der Waals surface area contributed by atoms with E-state index in [2.05, 4.69) is 5.16 Å². The number of carbonyl (C=O) groups is 1. The van der Waals surface area contributed by atoms with Gasteiger partial charge in [-0.2, -0.15) is 0 Å². The Kier molecular flexibility index (Phi) is 4.30. The van der Waals surface area contributed by atoms with Crippen molar-refractivity contribution >= 4 is 22.5 Å². The zero-order valence-corrected chi connectivity index (χ0v) is 14.3. The Morgan fingerprint density at radius 2 is 1.82 bits per heavy atom. The van der Waals surface area contributed by atoms with Gasteiger partial charge >= 0.3 is 0 Å². The van der Waals surface area contributed by atoms with Crippen molar-refractivity contribution in [3.8, 4) is 22.5 Å². The Morgan fingerprint density at radius 1 is 1.04 bits per heavy atom. The summed E-state index contributed by atoms with van der Waals surface area (Å²) in [5.41, 5.74) is 3.85. The van der Waals surface area contributed by atoms with E-state index in [9.17, 15) is 14.9 Å². The SMILES string of the molecule is O=C(NO)c1ccc2noc(-c3ccc(-c4ccccc4)c([N+](=O)[O-])c3)c2c1. The normalized spacial score (nSPS) is 10.8. The summed E-state index contributed by atoms with van der Waals surface area (Å²) in [4.78, 5) is 22.9. The van der Waals surface area contributed by atoms with Crippen LogP contribution in [0.4, 0.5) is 5.69 Å². The van der Waals surface area contributed by atoms with Crippen LogP contribution in [0.3, 0.4) is 0 Å². The van der Waals surface area contributed by atoms with Crippen LogP contribution in [0.1, 0.15) is 10.4 Å². The van der Waals surface area contributed by atoms with Crippen LogP contribution >= 0.6 is 0 Å². The molecule has 0 aliphatic rings. The molecule has 2 N–H and O–H groups in total. The molecule has 28 heavy (non-hydrogen) atoms. The summed E-state index contributed by atoms with van der Waals surface area (Å²) in [6.45, 7) is 0. The molecule has 0 bridgehead atoms. The lowest BCUT2D eigenvalue weighted by atomic mass is 9.99. The van der Waals surface area contributed by atoms with Gasteiger partial charge in [-0.05, 0) is 35.9 Å². The van der Waals surface area contributed by atoms with Gasteiger partial charge in [0.25, 0.3) is 11.6 Å². The number of nitrogens with one attached hydrogen (secondary N) is 1. The van der Waals surface area contributed by atoms with E-state index in [0.717, 1.165) is 5.56 Å². The average molecular weight is 375 g/mol. The summed E-state index contributed by atoms with van der Waals surface area (Å²) in [6, 6.07) is 18.4. The highest BCUT2D eigenvalue weighted by molar-refractivity contribution is 6.00. The van der Waals surface area contributed by atoms with Gasteiger partial charge in [-0.15, -0.1) is 0 Å². The molecule has 8 heteroatoms. The second kappa shape index (κ2) is 6.93. The maximum atomic E-state index is 11.7. The predicted octanol–water partition coefficient (Wildman–Crippen LogP) is 4.19. The van der Waals surface area contributed by atoms with Gasteiger partial charge in [0.05, 0.1) is 15.9 Å². The smallest absolute Gasteiger partial charge is 0.277 e. The van der Waals surface area contributed by atoms with Crippen molar-refractivity contribution in [2.45, 2.75) is 0 Å². The summed E-state index contributed by atoms with van der Waals surface area (Å²) < 4.78 is 5.38. The van der Waals surface area contributed by atoms with Crippen LogP contribution in [0.15, 0.2) is 71.3 Å². The molecule has 0 radical (unpaired) electrons. The molecular weight excluding hydrogens is 362 g/mol. The second-order valence-electron chi connectivity index (χ2n) is 6.04. The van der Waals surface area contributed by atoms with E-state index in [1.54, 1.807) is 35.8 Å². The number of fused-ring (bicyclic) bond motifs is 1. The van der Waals surface area contributed by atoms with E-state index in [-0.39, 0.29) is 11.3 Å². The standard InChI is InChI=1S/C20H13N3O5/c24-20(21-25)14-7-9-17-16(10-14)19(28-22-17)13-6-8-15(18(11-13)23(26)27)12-4-2-1-3-5-12/h1-11,25H,(H,21,24). The van der Waals surface area contributed by atoms with Crippen LogP contribution < -0.4 is 5.48 Å². The highest BCUT2D eigenvalue weighted by Crippen LogP contribution is 2.36. The van der Waals surface area contributed by atoms with Gasteiger partial charge in [0.1, 0.15) is 5.52 Å². The van der Waals surface area contributed by atoms with Gasteiger partial charge in [-0.1, -0.05) is 35.5 Å². The molecule has 0 fully saturated rings. The number of hydrogen-bond acceptors (Lipinski definition) is 6. The summed E-state index contributed by atoms with van der Waals surface area (Å²) >= 11 is 0. The van der Waals surface area contributed by atoms with Gasteiger partial charge in [0.15, 0.2) is 5.76 Å². The minimum absolute atomic E-state index is 0.0718. The molecule has 1 amide bonds. The van der Waals surface area contributed by atoms with Crippen LogP contribution in [0.5, 0.6) is 0 Å². The number of nitrogens with zero attached hydrogens (tertiary/aromatic N) is 2. The van der Waals surface area contributed by atoms with Crippen LogP contribution in [0.25, 0.3) is 33.4 Å². The molecule has 138 valence electrons. The largest absolute Gasteiger partial charge is 0.355 e. The molecule has 0 saturated heterocycles. The number of nitro groups is 1. The molecule has 0 atom stereocenters. The number of hydrogen-bond donors (Lipinski definition) is 2. The fourth-order valence-electron chi connectivity index (χ4n) is 3.04. The first-order valence-corrected chi connectivity index (χ1v) is 8.26. The average Bonchev–Trinajstić information content (AvgIpc) is 3.16. The number of nitro benzene ring substituents is 1. The third kappa shape index (κ3) is 2.97. The Bertz CT molecular complexity index is 1200. The van der Waals surface area contributed by atoms with Crippen LogP contribution in [0, 0.1) is 10.1 Å². The highest BCUT2D eigenvalue weighted by atomic mass is 16.6. The van der Waals surface area contributed by atoms with Crippen molar-refractivity contribution in [2.24, 2.45) is 0 Å². The van der Waals surface area contributed by atoms with Crippen molar-refractivity contribution in [1.29, 1.82) is 0 Å². The Morgan fingerprint density at radius 3 is 2.54 bits per heavy atom. The maximum absolute atomic E-state index is 11.7. The lowest BCUT2D eigenvalue weighted by Gasteiger charge is -2.05. The lowest BCUT2D eigenvalue weighted by molar-refractivity contribution is -0.384. The predicted molar refractivity (Wildman–Crippen MR) is 101 cm³/mol. The summed E-state index contributed by atoms with van der Waals surface area (Å²) in [7, 11) is 0. The summed E-state index contributed by atoms with van der Waals surface area (Å²) in [5, 5.41) is 24.9. The van der Waals surface area contributed by atoms with Gasteiger partial charge in [-0.25, -0.2) is 5.48 Å². The summed E-state index contributed by atoms with van der Waals surface area (Å²) in [6.07, 6.45) is 0. The molecule has 4 rings (SSSR count). The zero-order chi connectivity index (χ0) is 19.7. The quantitative estimate of drug-likeness (QED) is 0.314. The Balaban J connectivity index is 1.87. The van der Waals surface area contributed by atoms with Crippen LogP contribution in [-0.4, -0.2) is 21.2 Å². The number of hydroxylamine groups is 1. The van der Waals surface area contributed by atoms with E-state index >= 15 is 0 Å². The van der Waals surface area contributed by atoms with E-state index in [4.69, 9.17) is 9.73 Å². The minimum atomic E-state index is -0.681. The van der Waals surface area contributed by atoms with Gasteiger partial charge < -0.3 is 4.52 Å². The molecule has 4 aromatic rings. The van der Waals surface area contributed by atoms with Crippen molar-refractivity contribution in [2.75, 3.05) is 0 Å². The van der Waals surface area contributed by atoms with Crippen LogP contribution in [-0.2, 0) is 0 Å². The number of carbonyl (C=O) groups excluding carboxylic acids is 1. The van der Waals surface area contributed by atoms with E-state index in [1.807, 2.05) is 18.2 Å². The first-order chi connectivity index (χ1) is 13.6. The molecule has 0 aliphatic carbocycles. The Labute approximate surface area is 158 Å². The molecule has 3 aromatic carbocycles. The Hall–Kier alpha value is -4.04. The molecule has 0 unspecified atom stereocenters. The monoisotopic (exact) mass is 375 g/mol. The fourth-order valence-corrected chi connectivity index (χ4v) is 3.04. The first-order valence-electron chi connectivity index (χ1n) is 8.26. The number of benzene rings is 3. The van der Waals surface area contributed by atoms with Gasteiger partial charge in [0.2, 0.25) is 0 Å². The lowest BCUT2D eigenvalue weighted by Crippen LogP contribution is -2.18. The minimum Gasteiger partial charge on any atom is -0.355 e. The molecule has 0 aliphatic heterocycles. The molecule has 0 spiro atoms. The molecule has 1 heterocycles. The fraction of sp³-hybridized carbons (Fsp3) is 0. The number of rotatable bonds is 4. The van der Waals surface area contributed by atoms with Crippen molar-refractivity contribution in [3.63, 3.8) is 0 Å². The molecule has 0 saturated carbocycles. The van der Waals surface area contributed by atoms with E-state index in [0.29, 0.717) is 27.8 Å². The zero-order valence-electron chi connectivity index (χ0n) is 14.3. The molecular formula is C20H13N3O5. The highest BCUT2D eigenvalue weighted by Gasteiger charge is 2.20. The topological polar surface area (TPSA) is 118 Å². The number of amides is 1. The van der Waals surface area contributed by atoms with E-state index < -0.39 is 10.8 Å². The van der Waals surface area contributed by atoms with Crippen LogP contribution in [0.2, 0.25) is 0 Å². The van der Waals surface area contributed by atoms with E-state index in [1.165, 1.54) is 18.2 Å².